The molecule has 2 unspecified atom stereocenters. The zero-order valence-corrected chi connectivity index (χ0v) is 24.6. The fourth-order valence-electron chi connectivity index (χ4n) is 7.56. The zero-order valence-electron chi connectivity index (χ0n) is 24.6. The van der Waals surface area contributed by atoms with Crippen molar-refractivity contribution in [2.75, 3.05) is 12.3 Å². The lowest BCUT2D eigenvalue weighted by molar-refractivity contribution is -0.140. The number of nitrogens with two attached hydrogens (primary N) is 1. The van der Waals surface area contributed by atoms with Crippen LogP contribution in [0, 0.1) is 0 Å². The normalized spacial score (nSPS) is 20.5. The van der Waals surface area contributed by atoms with Crippen molar-refractivity contribution in [1.29, 1.82) is 0 Å². The first-order chi connectivity index (χ1) is 21.5. The molecule has 3 aliphatic rings. The van der Waals surface area contributed by atoms with Gasteiger partial charge < -0.3 is 16.0 Å². The van der Waals surface area contributed by atoms with Crippen LogP contribution in [0.25, 0.3) is 34.1 Å². The molecular weight excluding hydrogens is 550 g/mol. The van der Waals surface area contributed by atoms with Gasteiger partial charge in [-0.2, -0.15) is 5.10 Å². The summed E-state index contributed by atoms with van der Waals surface area (Å²) >= 11 is 0. The molecule has 5 aromatic rings. The van der Waals surface area contributed by atoms with Crippen molar-refractivity contribution >= 4 is 22.9 Å². The van der Waals surface area contributed by atoms with Crippen LogP contribution in [0.15, 0.2) is 79.8 Å². The van der Waals surface area contributed by atoms with Gasteiger partial charge in [-0.3, -0.25) is 9.36 Å². The lowest BCUT2D eigenvalue weighted by Gasteiger charge is -2.55. The van der Waals surface area contributed by atoms with E-state index in [0.29, 0.717) is 29.5 Å². The Bertz CT molecular complexity index is 1890. The van der Waals surface area contributed by atoms with Crippen LogP contribution in [-0.4, -0.2) is 58.2 Å². The topological polar surface area (TPSA) is 120 Å². The average molecular weight is 586 g/mol. The first-order valence-corrected chi connectivity index (χ1v) is 15.5. The Morgan fingerprint density at radius 1 is 1.09 bits per heavy atom. The third kappa shape index (κ3) is 4.31. The van der Waals surface area contributed by atoms with E-state index in [1.807, 2.05) is 36.5 Å². The zero-order chi connectivity index (χ0) is 29.8. The molecule has 1 aliphatic heterocycles. The lowest BCUT2D eigenvalue weighted by Crippen LogP contribution is -2.62. The molecular formula is C34H35N9O. The Hall–Kier alpha value is -4.83. The molecule has 1 saturated carbocycles. The molecule has 44 heavy (non-hydrogen) atoms. The number of pyridine rings is 2. The highest BCUT2D eigenvalue weighted by Gasteiger charge is 2.48. The van der Waals surface area contributed by atoms with Gasteiger partial charge in [-0.1, -0.05) is 12.6 Å². The molecule has 2 fully saturated rings. The second kappa shape index (κ2) is 10.4. The first-order valence-electron chi connectivity index (χ1n) is 15.5. The number of piperidine rings is 1. The predicted octanol–water partition coefficient (Wildman–Crippen LogP) is 4.93. The van der Waals surface area contributed by atoms with E-state index in [0.717, 1.165) is 67.5 Å². The number of anilines is 1. The third-order valence-electron chi connectivity index (χ3n) is 9.83. The molecule has 1 aromatic carbocycles. The van der Waals surface area contributed by atoms with E-state index in [2.05, 4.69) is 49.6 Å². The average Bonchev–Trinajstić information content (AvgIpc) is 3.79. The van der Waals surface area contributed by atoms with Gasteiger partial charge in [0.05, 0.1) is 5.56 Å². The maximum atomic E-state index is 12.6. The molecule has 222 valence electrons. The molecule has 2 atom stereocenters. The number of imidazole rings is 1. The molecule has 1 spiro atoms. The Morgan fingerprint density at radius 3 is 2.77 bits per heavy atom. The Balaban J connectivity index is 1.13. The smallest absolute Gasteiger partial charge is 0.246 e. The van der Waals surface area contributed by atoms with Crippen LogP contribution in [0.1, 0.15) is 55.7 Å². The summed E-state index contributed by atoms with van der Waals surface area (Å²) in [5, 5.41) is 8.37. The summed E-state index contributed by atoms with van der Waals surface area (Å²) in [6.45, 7) is 4.54. The number of nitrogens with zero attached hydrogens (tertiary/aromatic N) is 7. The molecule has 10 heteroatoms. The van der Waals surface area contributed by atoms with Gasteiger partial charge >= 0.3 is 0 Å². The summed E-state index contributed by atoms with van der Waals surface area (Å²) in [7, 11) is 0. The molecule has 10 nitrogen and oxygen atoms in total. The van der Waals surface area contributed by atoms with Gasteiger partial charge in [-0.25, -0.2) is 19.6 Å². The van der Waals surface area contributed by atoms with Crippen molar-refractivity contribution in [1.82, 2.24) is 39.5 Å². The number of likely N-dealkylation sites (tertiary alicyclic amines) is 1. The van der Waals surface area contributed by atoms with E-state index in [4.69, 9.17) is 15.7 Å². The fraction of sp³-hybridized carbons (Fsp3) is 0.324. The van der Waals surface area contributed by atoms with Gasteiger partial charge in [0.15, 0.2) is 17.3 Å². The number of aromatic nitrogens is 6. The van der Waals surface area contributed by atoms with Crippen LogP contribution in [-0.2, 0) is 11.2 Å². The van der Waals surface area contributed by atoms with Crippen LogP contribution in [0.3, 0.4) is 0 Å². The second-order valence-corrected chi connectivity index (χ2v) is 12.3. The summed E-state index contributed by atoms with van der Waals surface area (Å²) in [6.07, 6.45) is 14.2. The second-order valence-electron chi connectivity index (χ2n) is 12.3. The summed E-state index contributed by atoms with van der Waals surface area (Å²) in [4.78, 5) is 29.0. The minimum absolute atomic E-state index is 0.00151. The third-order valence-corrected chi connectivity index (χ3v) is 9.83. The SMILES string of the molecule is C=CC(=O)N1CCC(NC2CCc3cc(-n4c(-c5cccnc5N)nc5ccc(-n6cccn6)nc54)ccc32)CC12CCC2. The van der Waals surface area contributed by atoms with Crippen molar-refractivity contribution in [3.05, 3.63) is 90.9 Å². The number of rotatable bonds is 6. The van der Waals surface area contributed by atoms with E-state index >= 15 is 0 Å². The number of hydrogen-bond acceptors (Lipinski definition) is 7. The highest BCUT2D eigenvalue weighted by Crippen LogP contribution is 2.45. The number of hydrogen-bond donors (Lipinski definition) is 2. The number of fused-ring (bicyclic) bond motifs is 2. The van der Waals surface area contributed by atoms with Gasteiger partial charge in [0, 0.05) is 48.4 Å². The molecule has 1 saturated heterocycles. The standard InChI is InChI=1S/C34H35N9O/c1-2-30(44)41-19-13-23(21-34(41)14-4-15-34)38-27-10-7-22-20-24(8-9-25(22)27)43-32(26-6-3-16-36-31(26)35)39-28-11-12-29(40-33(28)43)42-18-5-17-37-42/h2-3,5-6,8-9,11-12,16-18,20,23,27,38H,1,4,7,10,13-15,19,21H2,(H2,35,36). The van der Waals surface area contributed by atoms with Crippen LogP contribution < -0.4 is 11.1 Å². The highest BCUT2D eigenvalue weighted by molar-refractivity contribution is 5.88. The monoisotopic (exact) mass is 585 g/mol. The van der Waals surface area contributed by atoms with Crippen molar-refractivity contribution in [3.63, 3.8) is 0 Å². The summed E-state index contributed by atoms with van der Waals surface area (Å²) < 4.78 is 3.84. The van der Waals surface area contributed by atoms with Gasteiger partial charge in [0.2, 0.25) is 5.91 Å². The molecule has 8 rings (SSSR count). The molecule has 1 amide bonds. The predicted molar refractivity (Wildman–Crippen MR) is 169 cm³/mol. The molecule has 0 bridgehead atoms. The van der Waals surface area contributed by atoms with Crippen molar-refractivity contribution < 1.29 is 4.79 Å². The van der Waals surface area contributed by atoms with Crippen LogP contribution in [0.2, 0.25) is 0 Å². The number of benzene rings is 1. The Morgan fingerprint density at radius 2 is 2.00 bits per heavy atom. The van der Waals surface area contributed by atoms with E-state index in [1.165, 1.54) is 23.6 Å². The number of nitrogen functional groups attached to an aromatic ring is 1. The molecule has 5 heterocycles. The van der Waals surface area contributed by atoms with E-state index in [9.17, 15) is 4.79 Å². The summed E-state index contributed by atoms with van der Waals surface area (Å²) in [5.41, 5.74) is 12.3. The maximum Gasteiger partial charge on any atom is 0.246 e. The molecule has 0 radical (unpaired) electrons. The van der Waals surface area contributed by atoms with Gasteiger partial charge in [0.1, 0.15) is 11.3 Å². The minimum Gasteiger partial charge on any atom is -0.383 e. The van der Waals surface area contributed by atoms with Crippen molar-refractivity contribution in [3.8, 4) is 22.9 Å². The minimum atomic E-state index is 0.00151. The number of carbonyl (C=O) groups excluding carboxylic acids is 1. The fourth-order valence-corrected chi connectivity index (χ4v) is 7.56. The molecule has 4 aromatic heterocycles. The molecule has 2 aliphatic carbocycles. The quantitative estimate of drug-likeness (QED) is 0.271. The van der Waals surface area contributed by atoms with Gasteiger partial charge in [-0.05, 0) is 105 Å². The van der Waals surface area contributed by atoms with E-state index < -0.39 is 0 Å². The first kappa shape index (κ1) is 26.8. The Labute approximate surface area is 255 Å². The number of amides is 1. The summed E-state index contributed by atoms with van der Waals surface area (Å²) in [6, 6.07) is 17.0. The maximum absolute atomic E-state index is 12.6. The van der Waals surface area contributed by atoms with Gasteiger partial charge in [0.25, 0.3) is 0 Å². The molecule has 3 N–H and O–H groups in total. The number of nitrogens with one attached hydrogen (secondary N) is 1. The van der Waals surface area contributed by atoms with E-state index in [1.54, 1.807) is 17.1 Å². The number of carbonyl (C=O) groups is 1. The van der Waals surface area contributed by atoms with Crippen LogP contribution in [0.5, 0.6) is 0 Å². The highest BCUT2D eigenvalue weighted by atomic mass is 16.2. The van der Waals surface area contributed by atoms with E-state index in [-0.39, 0.29) is 11.4 Å². The Kier molecular flexibility index (Phi) is 6.33. The van der Waals surface area contributed by atoms with Crippen LogP contribution in [0.4, 0.5) is 5.82 Å². The summed E-state index contributed by atoms with van der Waals surface area (Å²) in [5.74, 6) is 1.92. The van der Waals surface area contributed by atoms with Crippen molar-refractivity contribution in [2.24, 2.45) is 0 Å². The lowest BCUT2D eigenvalue weighted by atomic mass is 9.68. The van der Waals surface area contributed by atoms with Crippen LogP contribution >= 0.6 is 0 Å². The number of aryl methyl sites for hydroxylation is 1. The van der Waals surface area contributed by atoms with Gasteiger partial charge in [-0.15, -0.1) is 0 Å². The van der Waals surface area contributed by atoms with Crippen molar-refractivity contribution in [2.45, 2.75) is 62.6 Å². The largest absolute Gasteiger partial charge is 0.383 e.